The van der Waals surface area contributed by atoms with E-state index in [2.05, 4.69) is 19.2 Å². The minimum Gasteiger partial charge on any atom is -0.491 e. The zero-order chi connectivity index (χ0) is 10.1. The molecule has 2 nitrogen and oxygen atoms in total. The molecule has 0 aliphatic carbocycles. The van der Waals surface area contributed by atoms with E-state index in [4.69, 9.17) is 4.74 Å². The van der Waals surface area contributed by atoms with Crippen LogP contribution in [0.4, 0.5) is 4.39 Å². The van der Waals surface area contributed by atoms with E-state index in [9.17, 15) is 4.39 Å². The van der Waals surface area contributed by atoms with Crippen molar-refractivity contribution in [2.45, 2.75) is 25.9 Å². The highest BCUT2D eigenvalue weighted by Gasteiger charge is 2.24. The SMILES string of the molecule is CC(C)NC1COc2cc(F)ccc21. The van der Waals surface area contributed by atoms with E-state index >= 15 is 0 Å². The molecule has 1 aromatic carbocycles. The first-order valence-corrected chi connectivity index (χ1v) is 4.85. The number of fused-ring (bicyclic) bond motifs is 1. The number of hydrogen-bond donors (Lipinski definition) is 1. The van der Waals surface area contributed by atoms with Gasteiger partial charge >= 0.3 is 0 Å². The lowest BCUT2D eigenvalue weighted by Crippen LogP contribution is -2.28. The van der Waals surface area contributed by atoms with Crippen LogP contribution in [0, 0.1) is 5.82 Å². The van der Waals surface area contributed by atoms with Gasteiger partial charge in [-0.05, 0) is 6.07 Å². The van der Waals surface area contributed by atoms with Crippen molar-refractivity contribution >= 4 is 0 Å². The smallest absolute Gasteiger partial charge is 0.127 e. The monoisotopic (exact) mass is 195 g/mol. The zero-order valence-corrected chi connectivity index (χ0v) is 8.38. The lowest BCUT2D eigenvalue weighted by atomic mass is 10.1. The van der Waals surface area contributed by atoms with Gasteiger partial charge in [0.15, 0.2) is 0 Å². The number of nitrogens with one attached hydrogen (secondary N) is 1. The van der Waals surface area contributed by atoms with Crippen LogP contribution in [0.15, 0.2) is 18.2 Å². The molecule has 0 saturated carbocycles. The summed E-state index contributed by atoms with van der Waals surface area (Å²) in [6.07, 6.45) is 0. The van der Waals surface area contributed by atoms with Gasteiger partial charge in [0.25, 0.3) is 0 Å². The van der Waals surface area contributed by atoms with E-state index in [-0.39, 0.29) is 11.9 Å². The molecule has 76 valence electrons. The fourth-order valence-corrected chi connectivity index (χ4v) is 1.72. The first kappa shape index (κ1) is 9.46. The van der Waals surface area contributed by atoms with E-state index in [1.807, 2.05) is 0 Å². The zero-order valence-electron chi connectivity index (χ0n) is 8.38. The molecule has 1 unspecified atom stereocenters. The van der Waals surface area contributed by atoms with Gasteiger partial charge in [-0.15, -0.1) is 0 Å². The molecule has 0 bridgehead atoms. The summed E-state index contributed by atoms with van der Waals surface area (Å²) in [6.45, 7) is 4.76. The number of hydrogen-bond acceptors (Lipinski definition) is 2. The van der Waals surface area contributed by atoms with Gasteiger partial charge < -0.3 is 10.1 Å². The van der Waals surface area contributed by atoms with Crippen LogP contribution in [0.5, 0.6) is 5.75 Å². The molecule has 0 amide bonds. The summed E-state index contributed by atoms with van der Waals surface area (Å²) in [6, 6.07) is 5.31. The summed E-state index contributed by atoms with van der Waals surface area (Å²) in [7, 11) is 0. The third kappa shape index (κ3) is 1.73. The van der Waals surface area contributed by atoms with Gasteiger partial charge in [0.2, 0.25) is 0 Å². The molecule has 1 aromatic rings. The quantitative estimate of drug-likeness (QED) is 0.781. The van der Waals surface area contributed by atoms with E-state index in [1.165, 1.54) is 12.1 Å². The van der Waals surface area contributed by atoms with Crippen LogP contribution in [-0.2, 0) is 0 Å². The molecule has 2 rings (SSSR count). The van der Waals surface area contributed by atoms with Crippen LogP contribution in [0.2, 0.25) is 0 Å². The van der Waals surface area contributed by atoms with E-state index in [1.54, 1.807) is 6.07 Å². The van der Waals surface area contributed by atoms with E-state index < -0.39 is 0 Å². The highest BCUT2D eigenvalue weighted by atomic mass is 19.1. The van der Waals surface area contributed by atoms with Crippen LogP contribution in [0.25, 0.3) is 0 Å². The standard InChI is InChI=1S/C11H14FNO/c1-7(2)13-10-6-14-11-5-8(12)3-4-9(10)11/h3-5,7,10,13H,6H2,1-2H3. The molecule has 1 heterocycles. The lowest BCUT2D eigenvalue weighted by molar-refractivity contribution is 0.302. The Kier molecular flexibility index (Phi) is 2.42. The van der Waals surface area contributed by atoms with Gasteiger partial charge in [0.05, 0.1) is 6.04 Å². The minimum absolute atomic E-state index is 0.200. The Morgan fingerprint density at radius 1 is 1.50 bits per heavy atom. The second-order valence-electron chi connectivity index (χ2n) is 3.87. The van der Waals surface area contributed by atoms with Gasteiger partial charge in [0, 0.05) is 17.7 Å². The highest BCUT2D eigenvalue weighted by molar-refractivity contribution is 5.39. The van der Waals surface area contributed by atoms with Gasteiger partial charge in [-0.3, -0.25) is 0 Å². The van der Waals surface area contributed by atoms with Crippen LogP contribution < -0.4 is 10.1 Å². The highest BCUT2D eigenvalue weighted by Crippen LogP contribution is 2.32. The van der Waals surface area contributed by atoms with Crippen molar-refractivity contribution < 1.29 is 9.13 Å². The molecule has 3 heteroatoms. The van der Waals surface area contributed by atoms with Crippen LogP contribution >= 0.6 is 0 Å². The molecular weight excluding hydrogens is 181 g/mol. The Hall–Kier alpha value is -1.09. The third-order valence-electron chi connectivity index (χ3n) is 2.29. The van der Waals surface area contributed by atoms with Gasteiger partial charge in [0.1, 0.15) is 18.2 Å². The van der Waals surface area contributed by atoms with Crippen molar-refractivity contribution in [3.05, 3.63) is 29.6 Å². The first-order chi connectivity index (χ1) is 6.66. The summed E-state index contributed by atoms with van der Waals surface area (Å²) in [5.74, 6) is 0.428. The summed E-state index contributed by atoms with van der Waals surface area (Å²) in [5.41, 5.74) is 1.06. The molecule has 0 saturated heterocycles. The predicted octanol–water partition coefficient (Wildman–Crippen LogP) is 2.26. The maximum absolute atomic E-state index is 12.9. The summed E-state index contributed by atoms with van der Waals surface area (Å²) < 4.78 is 18.2. The largest absolute Gasteiger partial charge is 0.491 e. The molecule has 0 radical (unpaired) electrons. The average molecular weight is 195 g/mol. The molecule has 1 N–H and O–H groups in total. The molecule has 0 aromatic heterocycles. The van der Waals surface area contributed by atoms with E-state index in [0.717, 1.165) is 5.56 Å². The third-order valence-corrected chi connectivity index (χ3v) is 2.29. The number of benzene rings is 1. The van der Waals surface area contributed by atoms with Crippen molar-refractivity contribution in [1.82, 2.24) is 5.32 Å². The van der Waals surface area contributed by atoms with Crippen molar-refractivity contribution in [3.8, 4) is 5.75 Å². The summed E-state index contributed by atoms with van der Waals surface area (Å²) in [5, 5.41) is 3.37. The van der Waals surface area contributed by atoms with Crippen molar-refractivity contribution in [3.63, 3.8) is 0 Å². The average Bonchev–Trinajstić information content (AvgIpc) is 2.47. The fraction of sp³-hybridized carbons (Fsp3) is 0.455. The Balaban J connectivity index is 2.22. The number of halogens is 1. The summed E-state index contributed by atoms with van der Waals surface area (Å²) >= 11 is 0. The van der Waals surface area contributed by atoms with Crippen molar-refractivity contribution in [2.75, 3.05) is 6.61 Å². The lowest BCUT2D eigenvalue weighted by Gasteiger charge is -2.14. The topological polar surface area (TPSA) is 21.3 Å². The van der Waals surface area contributed by atoms with Crippen LogP contribution in [0.1, 0.15) is 25.5 Å². The number of rotatable bonds is 2. The second-order valence-corrected chi connectivity index (χ2v) is 3.87. The van der Waals surface area contributed by atoms with Gasteiger partial charge in [-0.1, -0.05) is 19.9 Å². The molecule has 14 heavy (non-hydrogen) atoms. The van der Waals surface area contributed by atoms with Gasteiger partial charge in [-0.2, -0.15) is 0 Å². The normalized spacial score (nSPS) is 19.6. The maximum Gasteiger partial charge on any atom is 0.127 e. The Labute approximate surface area is 83.1 Å². The van der Waals surface area contributed by atoms with E-state index in [0.29, 0.717) is 18.4 Å². The van der Waals surface area contributed by atoms with Crippen LogP contribution in [0.3, 0.4) is 0 Å². The molecule has 0 fully saturated rings. The molecule has 0 spiro atoms. The minimum atomic E-state index is -0.242. The van der Waals surface area contributed by atoms with Gasteiger partial charge in [-0.25, -0.2) is 4.39 Å². The number of ether oxygens (including phenoxy) is 1. The Bertz CT molecular complexity index is 338. The predicted molar refractivity (Wildman–Crippen MR) is 52.9 cm³/mol. The molecule has 1 aliphatic rings. The maximum atomic E-state index is 12.9. The fourth-order valence-electron chi connectivity index (χ4n) is 1.72. The summed E-state index contributed by atoms with van der Waals surface area (Å²) in [4.78, 5) is 0. The Morgan fingerprint density at radius 2 is 2.29 bits per heavy atom. The second kappa shape index (κ2) is 3.58. The molecular formula is C11H14FNO. The Morgan fingerprint density at radius 3 is 3.00 bits per heavy atom. The molecule has 1 aliphatic heterocycles. The molecule has 1 atom stereocenters. The van der Waals surface area contributed by atoms with Crippen molar-refractivity contribution in [2.24, 2.45) is 0 Å². The van der Waals surface area contributed by atoms with Crippen LogP contribution in [-0.4, -0.2) is 12.6 Å². The van der Waals surface area contributed by atoms with Crippen molar-refractivity contribution in [1.29, 1.82) is 0 Å². The first-order valence-electron chi connectivity index (χ1n) is 4.85.